The predicted octanol–water partition coefficient (Wildman–Crippen LogP) is 3.65. The maximum absolute atomic E-state index is 10.9. The number of halogens is 1. The summed E-state index contributed by atoms with van der Waals surface area (Å²) in [6.07, 6.45) is 0. The highest BCUT2D eigenvalue weighted by Crippen LogP contribution is 2.30. The monoisotopic (exact) mass is 300 g/mol. The molecule has 0 heterocycles. The van der Waals surface area contributed by atoms with Crippen molar-refractivity contribution in [3.05, 3.63) is 33.3 Å². The molecule has 0 saturated heterocycles. The van der Waals surface area contributed by atoms with Crippen LogP contribution < -0.4 is 10.1 Å². The lowest BCUT2D eigenvalue weighted by atomic mass is 10.1. The van der Waals surface area contributed by atoms with Crippen molar-refractivity contribution in [2.45, 2.75) is 33.2 Å². The summed E-state index contributed by atoms with van der Waals surface area (Å²) in [4.78, 5) is 10.4. The lowest BCUT2D eigenvalue weighted by Crippen LogP contribution is -2.39. The summed E-state index contributed by atoms with van der Waals surface area (Å²) >= 11 is 5.84. The lowest BCUT2D eigenvalue weighted by molar-refractivity contribution is -0.385. The van der Waals surface area contributed by atoms with Gasteiger partial charge in [-0.25, -0.2) is 0 Å². The second-order valence-corrected chi connectivity index (χ2v) is 6.35. The third-order valence-electron chi connectivity index (χ3n) is 2.62. The van der Waals surface area contributed by atoms with Crippen molar-refractivity contribution >= 4 is 17.3 Å². The number of ether oxygens (including phenoxy) is 1. The minimum atomic E-state index is -0.469. The fraction of sp³-hybridized carbons (Fsp3) is 0.571. The Morgan fingerprint density at radius 3 is 2.65 bits per heavy atom. The first-order chi connectivity index (χ1) is 9.19. The fourth-order valence-electron chi connectivity index (χ4n) is 1.53. The van der Waals surface area contributed by atoms with Crippen LogP contribution in [0.15, 0.2) is 18.2 Å². The van der Waals surface area contributed by atoms with Crippen molar-refractivity contribution in [1.29, 1.82) is 0 Å². The Hall–Kier alpha value is -1.33. The molecule has 6 heteroatoms. The van der Waals surface area contributed by atoms with E-state index in [-0.39, 0.29) is 22.9 Å². The Balaban J connectivity index is 2.61. The van der Waals surface area contributed by atoms with Crippen LogP contribution in [0, 0.1) is 16.0 Å². The maximum atomic E-state index is 10.9. The van der Waals surface area contributed by atoms with Crippen LogP contribution in [0.4, 0.5) is 5.69 Å². The normalized spacial score (nSPS) is 13.1. The van der Waals surface area contributed by atoms with E-state index < -0.39 is 4.92 Å². The van der Waals surface area contributed by atoms with Gasteiger partial charge in [0.25, 0.3) is 0 Å². The molecule has 5 nitrogen and oxygen atoms in total. The Labute approximate surface area is 124 Å². The Morgan fingerprint density at radius 2 is 2.10 bits per heavy atom. The molecule has 1 aromatic carbocycles. The second-order valence-electron chi connectivity index (χ2n) is 5.92. The van der Waals surface area contributed by atoms with E-state index in [1.807, 2.05) is 6.92 Å². The fourth-order valence-corrected chi connectivity index (χ4v) is 1.69. The number of benzene rings is 1. The van der Waals surface area contributed by atoms with Gasteiger partial charge in [0.1, 0.15) is 0 Å². The lowest BCUT2D eigenvalue weighted by Gasteiger charge is -2.23. The standard InChI is InChI=1S/C14H21ClN2O3/c1-10(8-16-14(2,3)4)9-20-13-7-11(15)5-6-12(13)17(18)19/h5-7,10,16H,8-9H2,1-4H3. The van der Waals surface area contributed by atoms with Gasteiger partial charge >= 0.3 is 5.69 Å². The van der Waals surface area contributed by atoms with Crippen LogP contribution >= 0.6 is 11.6 Å². The average Bonchev–Trinajstić information content (AvgIpc) is 2.32. The van der Waals surface area contributed by atoms with Gasteiger partial charge in [-0.3, -0.25) is 10.1 Å². The summed E-state index contributed by atoms with van der Waals surface area (Å²) in [6.45, 7) is 9.45. The first-order valence-electron chi connectivity index (χ1n) is 6.51. The first kappa shape index (κ1) is 16.7. The number of hydrogen-bond acceptors (Lipinski definition) is 4. The smallest absolute Gasteiger partial charge is 0.311 e. The summed E-state index contributed by atoms with van der Waals surface area (Å²) < 4.78 is 5.54. The van der Waals surface area contributed by atoms with E-state index in [1.54, 1.807) is 0 Å². The van der Waals surface area contributed by atoms with Gasteiger partial charge in [0, 0.05) is 35.2 Å². The molecule has 1 N–H and O–H groups in total. The SMILES string of the molecule is CC(CNC(C)(C)C)COc1cc(Cl)ccc1[N+](=O)[O-]. The van der Waals surface area contributed by atoms with Crippen LogP contribution in [-0.2, 0) is 0 Å². The molecule has 0 aliphatic rings. The molecule has 0 fully saturated rings. The quantitative estimate of drug-likeness (QED) is 0.643. The summed E-state index contributed by atoms with van der Waals surface area (Å²) in [6, 6.07) is 4.32. The molecule has 20 heavy (non-hydrogen) atoms. The molecule has 1 rings (SSSR count). The zero-order valence-electron chi connectivity index (χ0n) is 12.3. The third-order valence-corrected chi connectivity index (χ3v) is 2.86. The number of nitro groups is 1. The highest BCUT2D eigenvalue weighted by atomic mass is 35.5. The van der Waals surface area contributed by atoms with Crippen molar-refractivity contribution in [3.63, 3.8) is 0 Å². The molecule has 0 saturated carbocycles. The van der Waals surface area contributed by atoms with E-state index in [0.717, 1.165) is 6.54 Å². The Morgan fingerprint density at radius 1 is 1.45 bits per heavy atom. The number of nitrogens with zero attached hydrogens (tertiary/aromatic N) is 1. The summed E-state index contributed by atoms with van der Waals surface area (Å²) in [7, 11) is 0. The van der Waals surface area contributed by atoms with Gasteiger partial charge < -0.3 is 10.1 Å². The van der Waals surface area contributed by atoms with E-state index in [1.165, 1.54) is 18.2 Å². The molecule has 0 bridgehead atoms. The van der Waals surface area contributed by atoms with E-state index in [2.05, 4.69) is 26.1 Å². The van der Waals surface area contributed by atoms with Gasteiger partial charge in [-0.1, -0.05) is 18.5 Å². The first-order valence-corrected chi connectivity index (χ1v) is 6.88. The second kappa shape index (κ2) is 6.90. The molecule has 0 spiro atoms. The Bertz CT molecular complexity index is 472. The van der Waals surface area contributed by atoms with Crippen LogP contribution in [0.3, 0.4) is 0 Å². The molecule has 1 unspecified atom stereocenters. The van der Waals surface area contributed by atoms with Crippen molar-refractivity contribution in [1.82, 2.24) is 5.32 Å². The molecule has 0 aliphatic carbocycles. The average molecular weight is 301 g/mol. The van der Waals surface area contributed by atoms with E-state index in [0.29, 0.717) is 11.6 Å². The minimum Gasteiger partial charge on any atom is -0.486 e. The Kier molecular flexibility index (Phi) is 5.77. The van der Waals surface area contributed by atoms with Gasteiger partial charge in [-0.05, 0) is 26.8 Å². The van der Waals surface area contributed by atoms with Gasteiger partial charge in [-0.15, -0.1) is 0 Å². The van der Waals surface area contributed by atoms with Crippen LogP contribution in [0.1, 0.15) is 27.7 Å². The van der Waals surface area contributed by atoms with Crippen molar-refractivity contribution < 1.29 is 9.66 Å². The van der Waals surface area contributed by atoms with Crippen LogP contribution in [0.2, 0.25) is 5.02 Å². The van der Waals surface area contributed by atoms with E-state index in [9.17, 15) is 10.1 Å². The molecular formula is C14H21ClN2O3. The van der Waals surface area contributed by atoms with Crippen LogP contribution in [-0.4, -0.2) is 23.6 Å². The molecule has 0 aliphatic heterocycles. The van der Waals surface area contributed by atoms with Crippen LogP contribution in [0.5, 0.6) is 5.75 Å². The van der Waals surface area contributed by atoms with Gasteiger partial charge in [0.05, 0.1) is 11.5 Å². The predicted molar refractivity (Wildman–Crippen MR) is 80.5 cm³/mol. The summed E-state index contributed by atoms with van der Waals surface area (Å²) in [5, 5.41) is 14.7. The van der Waals surface area contributed by atoms with E-state index in [4.69, 9.17) is 16.3 Å². The topological polar surface area (TPSA) is 64.4 Å². The maximum Gasteiger partial charge on any atom is 0.311 e. The van der Waals surface area contributed by atoms with Gasteiger partial charge in [0.15, 0.2) is 5.75 Å². The third kappa shape index (κ3) is 5.75. The molecule has 112 valence electrons. The number of nitro benzene ring substituents is 1. The highest BCUT2D eigenvalue weighted by Gasteiger charge is 2.17. The van der Waals surface area contributed by atoms with Crippen molar-refractivity contribution in [2.24, 2.45) is 5.92 Å². The minimum absolute atomic E-state index is 0.0380. The molecule has 0 amide bonds. The highest BCUT2D eigenvalue weighted by molar-refractivity contribution is 6.30. The van der Waals surface area contributed by atoms with Crippen molar-refractivity contribution in [3.8, 4) is 5.75 Å². The molecule has 0 aromatic heterocycles. The largest absolute Gasteiger partial charge is 0.486 e. The summed E-state index contributed by atoms with van der Waals surface area (Å²) in [5.41, 5.74) is -0.0265. The number of rotatable bonds is 6. The van der Waals surface area contributed by atoms with Crippen LogP contribution in [0.25, 0.3) is 0 Å². The molecule has 0 radical (unpaired) electrons. The van der Waals surface area contributed by atoms with E-state index >= 15 is 0 Å². The molecular weight excluding hydrogens is 280 g/mol. The zero-order valence-corrected chi connectivity index (χ0v) is 13.0. The van der Waals surface area contributed by atoms with Gasteiger partial charge in [-0.2, -0.15) is 0 Å². The molecule has 1 aromatic rings. The van der Waals surface area contributed by atoms with Crippen molar-refractivity contribution in [2.75, 3.05) is 13.2 Å². The zero-order chi connectivity index (χ0) is 15.3. The molecule has 1 atom stereocenters. The summed E-state index contributed by atoms with van der Waals surface area (Å²) in [5.74, 6) is 0.443. The number of nitrogens with one attached hydrogen (secondary N) is 1. The van der Waals surface area contributed by atoms with Gasteiger partial charge in [0.2, 0.25) is 0 Å². The number of hydrogen-bond donors (Lipinski definition) is 1.